The van der Waals surface area contributed by atoms with E-state index in [-0.39, 0.29) is 5.41 Å². The molecule has 0 aliphatic carbocycles. The Labute approximate surface area is 153 Å². The molecule has 2 nitrogen and oxygen atoms in total. The van der Waals surface area contributed by atoms with Gasteiger partial charge in [0.15, 0.2) is 0 Å². The number of anilines is 1. The first-order valence-electron chi connectivity index (χ1n) is 9.01. The molecule has 0 bridgehead atoms. The standard InChI is InChI=1S/C19H34N2S2/c1-7-11-21(12-8-2)14-10-9-13-20(6)16-15(19(3,4)5)17(22)18(16)23/h7-14H2,1-6H3. The fraction of sp³-hybridized carbons (Fsp3) is 0.789. The Morgan fingerprint density at radius 2 is 1.35 bits per heavy atom. The fourth-order valence-electron chi connectivity index (χ4n) is 3.20. The molecule has 0 radical (unpaired) electrons. The Hall–Kier alpha value is -0.320. The lowest BCUT2D eigenvalue weighted by molar-refractivity contribution is 0.269. The van der Waals surface area contributed by atoms with Crippen molar-refractivity contribution in [2.45, 2.75) is 65.7 Å². The van der Waals surface area contributed by atoms with Crippen LogP contribution in [0.3, 0.4) is 0 Å². The molecule has 23 heavy (non-hydrogen) atoms. The molecule has 0 spiro atoms. The number of unbranched alkanes of at least 4 members (excludes halogenated alkanes) is 1. The smallest absolute Gasteiger partial charge is 0.0798 e. The molecule has 4 heteroatoms. The average molecular weight is 355 g/mol. The van der Waals surface area contributed by atoms with Gasteiger partial charge < -0.3 is 9.80 Å². The first-order chi connectivity index (χ1) is 10.7. The zero-order chi connectivity index (χ0) is 17.6. The first-order valence-corrected chi connectivity index (χ1v) is 9.82. The van der Waals surface area contributed by atoms with Crippen molar-refractivity contribution < 1.29 is 0 Å². The first kappa shape index (κ1) is 20.7. The molecule has 1 rings (SSSR count). The van der Waals surface area contributed by atoms with Crippen LogP contribution >= 0.6 is 24.4 Å². The van der Waals surface area contributed by atoms with E-state index in [4.69, 9.17) is 24.4 Å². The third-order valence-electron chi connectivity index (χ3n) is 4.31. The van der Waals surface area contributed by atoms with Crippen molar-refractivity contribution in [2.75, 3.05) is 38.1 Å². The largest absolute Gasteiger partial charge is 0.373 e. The van der Waals surface area contributed by atoms with Gasteiger partial charge in [0.1, 0.15) is 0 Å². The van der Waals surface area contributed by atoms with Crippen molar-refractivity contribution in [2.24, 2.45) is 0 Å². The molecular weight excluding hydrogens is 320 g/mol. The Kier molecular flexibility index (Phi) is 8.32. The fourth-order valence-corrected chi connectivity index (χ4v) is 4.06. The van der Waals surface area contributed by atoms with Crippen molar-refractivity contribution in [3.63, 3.8) is 0 Å². The van der Waals surface area contributed by atoms with Crippen molar-refractivity contribution in [1.29, 1.82) is 0 Å². The Morgan fingerprint density at radius 3 is 1.83 bits per heavy atom. The molecule has 0 saturated carbocycles. The second kappa shape index (κ2) is 9.24. The van der Waals surface area contributed by atoms with E-state index in [0.29, 0.717) is 0 Å². The summed E-state index contributed by atoms with van der Waals surface area (Å²) in [6, 6.07) is 0. The third-order valence-corrected chi connectivity index (χ3v) is 5.25. The van der Waals surface area contributed by atoms with E-state index in [1.165, 1.54) is 56.6 Å². The van der Waals surface area contributed by atoms with Crippen LogP contribution in [0, 0.1) is 9.02 Å². The number of nitrogens with zero attached hydrogens (tertiary/aromatic N) is 2. The predicted molar refractivity (Wildman–Crippen MR) is 109 cm³/mol. The Bertz CT molecular complexity index is 544. The van der Waals surface area contributed by atoms with Crippen molar-refractivity contribution in [1.82, 2.24) is 4.90 Å². The lowest BCUT2D eigenvalue weighted by Crippen LogP contribution is -2.29. The molecule has 0 saturated heterocycles. The number of rotatable bonds is 10. The predicted octanol–water partition coefficient (Wildman–Crippen LogP) is 5.66. The molecule has 0 N–H and O–H groups in total. The summed E-state index contributed by atoms with van der Waals surface area (Å²) >= 11 is 11.0. The molecule has 1 aromatic rings. The lowest BCUT2D eigenvalue weighted by Gasteiger charge is -2.32. The van der Waals surface area contributed by atoms with Gasteiger partial charge in [-0.25, -0.2) is 0 Å². The SMILES string of the molecule is CCCN(CCC)CCCCN(C)c1c(C(C)(C)C)c(=S)c1=S. The summed E-state index contributed by atoms with van der Waals surface area (Å²) in [5.41, 5.74) is 2.58. The van der Waals surface area contributed by atoms with Gasteiger partial charge in [-0.15, -0.1) is 0 Å². The van der Waals surface area contributed by atoms with Crippen molar-refractivity contribution in [3.8, 4) is 0 Å². The highest BCUT2D eigenvalue weighted by Gasteiger charge is 2.27. The normalized spacial score (nSPS) is 12.3. The maximum Gasteiger partial charge on any atom is 0.0798 e. The summed E-state index contributed by atoms with van der Waals surface area (Å²) in [5, 5.41) is 0. The summed E-state index contributed by atoms with van der Waals surface area (Å²) in [6.45, 7) is 15.9. The topological polar surface area (TPSA) is 6.48 Å². The molecule has 0 heterocycles. The maximum absolute atomic E-state index is 5.49. The van der Waals surface area contributed by atoms with E-state index >= 15 is 0 Å². The van der Waals surface area contributed by atoms with E-state index in [0.717, 1.165) is 15.6 Å². The van der Waals surface area contributed by atoms with Crippen LogP contribution in [0.4, 0.5) is 5.69 Å². The van der Waals surface area contributed by atoms with Gasteiger partial charge in [0.2, 0.25) is 0 Å². The van der Waals surface area contributed by atoms with Gasteiger partial charge in [-0.2, -0.15) is 0 Å². The highest BCUT2D eigenvalue weighted by atomic mass is 32.1. The molecule has 0 aliphatic rings. The minimum atomic E-state index is 0.0854. The van der Waals surface area contributed by atoms with Gasteiger partial charge in [-0.1, -0.05) is 59.1 Å². The zero-order valence-electron chi connectivity index (χ0n) is 15.9. The van der Waals surface area contributed by atoms with Gasteiger partial charge >= 0.3 is 0 Å². The van der Waals surface area contributed by atoms with Crippen LogP contribution in [-0.2, 0) is 5.41 Å². The van der Waals surface area contributed by atoms with Crippen LogP contribution < -0.4 is 4.90 Å². The number of hydrogen-bond donors (Lipinski definition) is 0. The zero-order valence-corrected chi connectivity index (χ0v) is 17.5. The third kappa shape index (κ3) is 5.61. The summed E-state index contributed by atoms with van der Waals surface area (Å²) in [7, 11) is 2.16. The Morgan fingerprint density at radius 1 is 0.826 bits per heavy atom. The second-order valence-corrected chi connectivity index (χ2v) is 8.42. The van der Waals surface area contributed by atoms with E-state index < -0.39 is 0 Å². The summed E-state index contributed by atoms with van der Waals surface area (Å²) in [5.74, 6) is 0. The minimum absolute atomic E-state index is 0.0854. The van der Waals surface area contributed by atoms with E-state index in [1.807, 2.05) is 0 Å². The summed E-state index contributed by atoms with van der Waals surface area (Å²) in [6.07, 6.45) is 4.94. The van der Waals surface area contributed by atoms with Crippen LogP contribution in [0.25, 0.3) is 0 Å². The molecule has 0 fully saturated rings. The average Bonchev–Trinajstić information content (AvgIpc) is 2.46. The van der Waals surface area contributed by atoms with Gasteiger partial charge in [0.25, 0.3) is 0 Å². The molecular formula is C19H34N2S2. The van der Waals surface area contributed by atoms with Crippen LogP contribution in [0.2, 0.25) is 0 Å². The van der Waals surface area contributed by atoms with Crippen LogP contribution in [-0.4, -0.2) is 38.1 Å². The minimum Gasteiger partial charge on any atom is -0.373 e. The van der Waals surface area contributed by atoms with Gasteiger partial charge in [-0.05, 0) is 50.7 Å². The molecule has 0 aromatic heterocycles. The van der Waals surface area contributed by atoms with E-state index in [2.05, 4.69) is 51.5 Å². The quantitative estimate of drug-likeness (QED) is 0.395. The van der Waals surface area contributed by atoms with Crippen molar-refractivity contribution in [3.05, 3.63) is 14.6 Å². The van der Waals surface area contributed by atoms with Gasteiger partial charge in [0.05, 0.1) is 14.7 Å². The van der Waals surface area contributed by atoms with Crippen molar-refractivity contribution >= 4 is 30.1 Å². The molecule has 0 aliphatic heterocycles. The molecule has 1 aromatic carbocycles. The lowest BCUT2D eigenvalue weighted by atomic mass is 9.83. The second-order valence-electron chi connectivity index (χ2n) is 7.60. The Balaban J connectivity index is 2.53. The number of hydrogen-bond acceptors (Lipinski definition) is 4. The van der Waals surface area contributed by atoms with Gasteiger partial charge in [-0.3, -0.25) is 0 Å². The van der Waals surface area contributed by atoms with Crippen LogP contribution in [0.15, 0.2) is 0 Å². The van der Waals surface area contributed by atoms with E-state index in [1.54, 1.807) is 0 Å². The van der Waals surface area contributed by atoms with Gasteiger partial charge in [0, 0.05) is 19.2 Å². The summed E-state index contributed by atoms with van der Waals surface area (Å²) < 4.78 is 1.80. The molecule has 132 valence electrons. The highest BCUT2D eigenvalue weighted by molar-refractivity contribution is 7.74. The molecule has 0 atom stereocenters. The molecule has 0 unspecified atom stereocenters. The van der Waals surface area contributed by atoms with Crippen LogP contribution in [0.1, 0.15) is 65.9 Å². The molecule has 0 amide bonds. The monoisotopic (exact) mass is 354 g/mol. The van der Waals surface area contributed by atoms with Crippen LogP contribution in [0.5, 0.6) is 0 Å². The summed E-state index contributed by atoms with van der Waals surface area (Å²) in [4.78, 5) is 4.91. The van der Waals surface area contributed by atoms with E-state index in [9.17, 15) is 0 Å². The maximum atomic E-state index is 5.49. The highest BCUT2D eigenvalue weighted by Crippen LogP contribution is 2.39.